The van der Waals surface area contributed by atoms with Gasteiger partial charge in [0.2, 0.25) is 10.0 Å². The summed E-state index contributed by atoms with van der Waals surface area (Å²) in [7, 11) is -2.63. The van der Waals surface area contributed by atoms with Gasteiger partial charge in [0.15, 0.2) is 0 Å². The van der Waals surface area contributed by atoms with Gasteiger partial charge in [0.1, 0.15) is 10.7 Å². The Kier molecular flexibility index (Phi) is 3.84. The minimum Gasteiger partial charge on any atom is -0.478 e. The van der Waals surface area contributed by atoms with Crippen LogP contribution in [0.25, 0.3) is 0 Å². The zero-order chi connectivity index (χ0) is 15.1. The number of hydrogen-bond acceptors (Lipinski definition) is 3. The van der Waals surface area contributed by atoms with Crippen molar-refractivity contribution in [2.24, 2.45) is 11.8 Å². The lowest BCUT2D eigenvalue weighted by atomic mass is 10.2. The Labute approximate surface area is 117 Å². The van der Waals surface area contributed by atoms with Gasteiger partial charge in [0.05, 0.1) is 5.56 Å². The molecule has 0 bridgehead atoms. The average molecular weight is 301 g/mol. The van der Waals surface area contributed by atoms with Crippen molar-refractivity contribution in [3.8, 4) is 0 Å². The zero-order valence-corrected chi connectivity index (χ0v) is 12.0. The quantitative estimate of drug-likeness (QED) is 0.900. The summed E-state index contributed by atoms with van der Waals surface area (Å²) in [6.45, 7) is 2.34. The molecule has 0 aliphatic heterocycles. The third-order valence-electron chi connectivity index (χ3n) is 3.63. The van der Waals surface area contributed by atoms with Crippen LogP contribution in [0.15, 0.2) is 23.1 Å². The van der Waals surface area contributed by atoms with Crippen LogP contribution in [0.2, 0.25) is 0 Å². The fourth-order valence-corrected chi connectivity index (χ4v) is 3.40. The van der Waals surface area contributed by atoms with Crippen LogP contribution in [0, 0.1) is 17.7 Å². The molecule has 1 aliphatic carbocycles. The van der Waals surface area contributed by atoms with Crippen molar-refractivity contribution in [1.29, 1.82) is 0 Å². The van der Waals surface area contributed by atoms with Crippen LogP contribution in [-0.2, 0) is 10.0 Å². The van der Waals surface area contributed by atoms with Crippen LogP contribution < -0.4 is 0 Å². The SMILES string of the molecule is CC1CC1CN(C)S(=O)(=O)c1cc(C(=O)O)ccc1F. The lowest BCUT2D eigenvalue weighted by molar-refractivity contribution is 0.0696. The first-order valence-corrected chi connectivity index (χ1v) is 7.66. The summed E-state index contributed by atoms with van der Waals surface area (Å²) >= 11 is 0. The standard InChI is InChI=1S/C13H16FNO4S/c1-8-5-10(8)7-15(2)20(18,19)12-6-9(13(16)17)3-4-11(12)14/h3-4,6,8,10H,5,7H2,1-2H3,(H,16,17). The van der Waals surface area contributed by atoms with E-state index in [9.17, 15) is 17.6 Å². The molecule has 110 valence electrons. The van der Waals surface area contributed by atoms with E-state index < -0.39 is 26.7 Å². The van der Waals surface area contributed by atoms with E-state index in [0.717, 1.165) is 28.9 Å². The normalized spacial score (nSPS) is 22.0. The maximum absolute atomic E-state index is 13.7. The van der Waals surface area contributed by atoms with E-state index >= 15 is 0 Å². The van der Waals surface area contributed by atoms with Gasteiger partial charge in [-0.05, 0) is 36.5 Å². The predicted molar refractivity (Wildman–Crippen MR) is 70.4 cm³/mol. The van der Waals surface area contributed by atoms with Gasteiger partial charge in [0, 0.05) is 13.6 Å². The molecule has 1 aliphatic rings. The number of carbonyl (C=O) groups is 1. The molecule has 1 saturated carbocycles. The summed E-state index contributed by atoms with van der Waals surface area (Å²) in [5, 5.41) is 8.86. The Morgan fingerprint density at radius 2 is 2.10 bits per heavy atom. The summed E-state index contributed by atoms with van der Waals surface area (Å²) in [5.41, 5.74) is -0.252. The van der Waals surface area contributed by atoms with Crippen molar-refractivity contribution in [3.63, 3.8) is 0 Å². The first kappa shape index (κ1) is 14.9. The molecular weight excluding hydrogens is 285 g/mol. The molecule has 2 unspecified atom stereocenters. The third-order valence-corrected chi connectivity index (χ3v) is 5.47. The number of nitrogens with zero attached hydrogens (tertiary/aromatic N) is 1. The van der Waals surface area contributed by atoms with Gasteiger partial charge in [-0.2, -0.15) is 0 Å². The van der Waals surface area contributed by atoms with Crippen LogP contribution in [0.3, 0.4) is 0 Å². The highest BCUT2D eigenvalue weighted by atomic mass is 32.2. The maximum atomic E-state index is 13.7. The van der Waals surface area contributed by atoms with E-state index in [4.69, 9.17) is 5.11 Å². The largest absolute Gasteiger partial charge is 0.478 e. The molecule has 0 aromatic heterocycles. The maximum Gasteiger partial charge on any atom is 0.335 e. The lowest BCUT2D eigenvalue weighted by Gasteiger charge is -2.17. The number of sulfonamides is 1. The Morgan fingerprint density at radius 3 is 2.60 bits per heavy atom. The monoisotopic (exact) mass is 301 g/mol. The van der Waals surface area contributed by atoms with Crippen LogP contribution >= 0.6 is 0 Å². The van der Waals surface area contributed by atoms with Crippen molar-refractivity contribution < 1.29 is 22.7 Å². The number of hydrogen-bond donors (Lipinski definition) is 1. The van der Waals surface area contributed by atoms with Crippen molar-refractivity contribution in [2.75, 3.05) is 13.6 Å². The van der Waals surface area contributed by atoms with E-state index in [1.165, 1.54) is 7.05 Å². The number of aromatic carboxylic acids is 1. The molecule has 1 N–H and O–H groups in total. The number of halogens is 1. The average Bonchev–Trinajstić information content (AvgIpc) is 3.04. The molecule has 5 nitrogen and oxygen atoms in total. The minimum atomic E-state index is -4.01. The molecule has 2 atom stereocenters. The zero-order valence-electron chi connectivity index (χ0n) is 11.2. The molecule has 20 heavy (non-hydrogen) atoms. The Morgan fingerprint density at radius 1 is 1.50 bits per heavy atom. The summed E-state index contributed by atoms with van der Waals surface area (Å²) in [6, 6.07) is 2.77. The number of benzene rings is 1. The Hall–Kier alpha value is -1.47. The summed E-state index contributed by atoms with van der Waals surface area (Å²) in [6.07, 6.45) is 0.956. The van der Waals surface area contributed by atoms with E-state index in [1.807, 2.05) is 6.92 Å². The second kappa shape index (κ2) is 5.14. The van der Waals surface area contributed by atoms with Gasteiger partial charge < -0.3 is 5.11 Å². The fraction of sp³-hybridized carbons (Fsp3) is 0.462. The highest BCUT2D eigenvalue weighted by molar-refractivity contribution is 7.89. The van der Waals surface area contributed by atoms with Gasteiger partial charge in [-0.1, -0.05) is 6.92 Å². The van der Waals surface area contributed by atoms with Crippen molar-refractivity contribution in [2.45, 2.75) is 18.2 Å². The molecule has 2 rings (SSSR count). The Balaban J connectivity index is 2.32. The first-order valence-electron chi connectivity index (χ1n) is 6.22. The van der Waals surface area contributed by atoms with Gasteiger partial charge >= 0.3 is 5.97 Å². The van der Waals surface area contributed by atoms with Crippen LogP contribution in [0.1, 0.15) is 23.7 Å². The molecular formula is C13H16FNO4S. The Bertz CT molecular complexity index is 644. The van der Waals surface area contributed by atoms with Crippen LogP contribution in [0.4, 0.5) is 4.39 Å². The summed E-state index contributed by atoms with van der Waals surface area (Å²) < 4.78 is 39.4. The molecule has 0 amide bonds. The number of rotatable bonds is 5. The summed E-state index contributed by atoms with van der Waals surface area (Å²) in [4.78, 5) is 10.3. The summed E-state index contributed by atoms with van der Waals surface area (Å²) in [5.74, 6) is -1.46. The predicted octanol–water partition coefficient (Wildman–Crippen LogP) is 1.80. The highest BCUT2D eigenvalue weighted by Gasteiger charge is 2.36. The topological polar surface area (TPSA) is 74.7 Å². The van der Waals surface area contributed by atoms with Gasteiger partial charge in [0.25, 0.3) is 0 Å². The first-order chi connectivity index (χ1) is 9.23. The molecule has 0 saturated heterocycles. The van der Waals surface area contributed by atoms with E-state index in [1.54, 1.807) is 0 Å². The number of carboxylic acids is 1. The van der Waals surface area contributed by atoms with E-state index in [0.29, 0.717) is 18.4 Å². The van der Waals surface area contributed by atoms with Gasteiger partial charge in [-0.3, -0.25) is 0 Å². The second-order valence-electron chi connectivity index (χ2n) is 5.21. The third kappa shape index (κ3) is 2.83. The fourth-order valence-electron chi connectivity index (χ4n) is 2.08. The molecule has 1 aromatic rings. The van der Waals surface area contributed by atoms with Crippen molar-refractivity contribution in [1.82, 2.24) is 4.31 Å². The smallest absolute Gasteiger partial charge is 0.335 e. The van der Waals surface area contributed by atoms with Gasteiger partial charge in [-0.15, -0.1) is 0 Å². The minimum absolute atomic E-state index is 0.252. The molecule has 1 fully saturated rings. The van der Waals surface area contributed by atoms with E-state index in [2.05, 4.69) is 0 Å². The highest BCUT2D eigenvalue weighted by Crippen LogP contribution is 2.38. The van der Waals surface area contributed by atoms with Gasteiger partial charge in [-0.25, -0.2) is 21.9 Å². The molecule has 1 aromatic carbocycles. The van der Waals surface area contributed by atoms with Crippen LogP contribution in [0.5, 0.6) is 0 Å². The molecule has 0 heterocycles. The van der Waals surface area contributed by atoms with Crippen molar-refractivity contribution in [3.05, 3.63) is 29.6 Å². The van der Waals surface area contributed by atoms with Crippen molar-refractivity contribution >= 4 is 16.0 Å². The lowest BCUT2D eigenvalue weighted by Crippen LogP contribution is -2.30. The molecule has 7 heteroatoms. The molecule has 0 radical (unpaired) electrons. The second-order valence-corrected chi connectivity index (χ2v) is 7.22. The van der Waals surface area contributed by atoms with E-state index in [-0.39, 0.29) is 5.56 Å². The number of carboxylic acid groups (broad SMARTS) is 1. The molecule has 0 spiro atoms. The van der Waals surface area contributed by atoms with Crippen LogP contribution in [-0.4, -0.2) is 37.4 Å².